The predicted molar refractivity (Wildman–Crippen MR) is 148 cm³/mol. The largest absolute Gasteiger partial charge is 0.490 e. The van der Waals surface area contributed by atoms with Crippen LogP contribution in [0.25, 0.3) is 5.57 Å². The average molecular weight is 486 g/mol. The molecule has 0 radical (unpaired) electrons. The normalized spacial score (nSPS) is 14.8. The zero-order chi connectivity index (χ0) is 25.9. The van der Waals surface area contributed by atoms with Crippen LogP contribution in [0.3, 0.4) is 0 Å². The van der Waals surface area contributed by atoms with Gasteiger partial charge in [0.25, 0.3) is 5.91 Å². The molecule has 1 amide bonds. The number of hydrogen-bond donors (Lipinski definition) is 2. The molecule has 0 bridgehead atoms. The first-order valence-electron chi connectivity index (χ1n) is 13.0. The maximum absolute atomic E-state index is 13.4. The fourth-order valence-electron chi connectivity index (χ4n) is 4.69. The van der Waals surface area contributed by atoms with Gasteiger partial charge in [0.15, 0.2) is 0 Å². The monoisotopic (exact) mass is 485 g/mol. The van der Waals surface area contributed by atoms with Crippen LogP contribution in [0, 0.1) is 24.7 Å². The number of aryl methyl sites for hydroxylation is 1. The molecule has 0 aliphatic heterocycles. The van der Waals surface area contributed by atoms with Crippen LogP contribution >= 0.6 is 0 Å². The topological polar surface area (TPSA) is 58.6 Å². The van der Waals surface area contributed by atoms with E-state index in [1.807, 2.05) is 63.2 Å². The molecule has 2 N–H and O–H groups in total. The Bertz CT molecular complexity index is 1130. The lowest BCUT2D eigenvalue weighted by molar-refractivity contribution is 0.0912. The Hall–Kier alpha value is -3.29. The van der Waals surface area contributed by atoms with Crippen molar-refractivity contribution in [2.45, 2.75) is 71.4 Å². The van der Waals surface area contributed by atoms with Crippen LogP contribution in [-0.2, 0) is 0 Å². The number of rotatable bonds is 10. The van der Waals surface area contributed by atoms with Crippen LogP contribution in [-0.4, -0.2) is 29.8 Å². The summed E-state index contributed by atoms with van der Waals surface area (Å²) in [5, 5.41) is 13.1. The summed E-state index contributed by atoms with van der Waals surface area (Å²) in [6.45, 7) is 9.57. The minimum atomic E-state index is -0.465. The van der Waals surface area contributed by atoms with E-state index in [-0.39, 0.29) is 18.6 Å². The van der Waals surface area contributed by atoms with Crippen LogP contribution in [0.1, 0.15) is 79.4 Å². The van der Waals surface area contributed by atoms with Gasteiger partial charge in [-0.2, -0.15) is 0 Å². The predicted octanol–water partition coefficient (Wildman–Crippen LogP) is 6.46. The number of ether oxygens (including phenoxy) is 1. The number of amides is 1. The van der Waals surface area contributed by atoms with Gasteiger partial charge in [-0.15, -0.1) is 0 Å². The van der Waals surface area contributed by atoms with Gasteiger partial charge in [-0.05, 0) is 80.9 Å². The van der Waals surface area contributed by atoms with Crippen molar-refractivity contribution in [3.8, 4) is 17.6 Å². The van der Waals surface area contributed by atoms with E-state index in [4.69, 9.17) is 4.74 Å². The Morgan fingerprint density at radius 2 is 1.94 bits per heavy atom. The summed E-state index contributed by atoms with van der Waals surface area (Å²) in [7, 11) is 0. The molecule has 1 aliphatic rings. The molecule has 36 heavy (non-hydrogen) atoms. The molecule has 0 spiro atoms. The van der Waals surface area contributed by atoms with Crippen molar-refractivity contribution in [1.29, 1.82) is 0 Å². The summed E-state index contributed by atoms with van der Waals surface area (Å²) < 4.78 is 5.93. The Morgan fingerprint density at radius 1 is 1.19 bits per heavy atom. The molecule has 1 aliphatic carbocycles. The summed E-state index contributed by atoms with van der Waals surface area (Å²) in [4.78, 5) is 13.4. The molecule has 4 nitrogen and oxygen atoms in total. The van der Waals surface area contributed by atoms with Crippen LogP contribution in [0.2, 0.25) is 0 Å². The molecule has 0 aromatic heterocycles. The lowest BCUT2D eigenvalue weighted by Gasteiger charge is -2.21. The molecule has 3 rings (SSSR count). The quantitative estimate of drug-likeness (QED) is 0.300. The highest BCUT2D eigenvalue weighted by Crippen LogP contribution is 2.28. The fourth-order valence-corrected chi connectivity index (χ4v) is 4.69. The van der Waals surface area contributed by atoms with E-state index in [2.05, 4.69) is 23.7 Å². The highest BCUT2D eigenvalue weighted by Gasteiger charge is 2.20. The Labute approximate surface area is 216 Å². The van der Waals surface area contributed by atoms with Crippen LogP contribution in [0.5, 0.6) is 5.75 Å². The van der Waals surface area contributed by atoms with Crippen molar-refractivity contribution >= 4 is 11.5 Å². The van der Waals surface area contributed by atoms with Gasteiger partial charge in [-0.3, -0.25) is 4.79 Å². The molecular weight excluding hydrogens is 446 g/mol. The minimum absolute atomic E-state index is 0.0762. The van der Waals surface area contributed by atoms with Crippen molar-refractivity contribution in [3.63, 3.8) is 0 Å². The lowest BCUT2D eigenvalue weighted by atomic mass is 9.94. The zero-order valence-corrected chi connectivity index (χ0v) is 21.8. The van der Waals surface area contributed by atoms with E-state index >= 15 is 0 Å². The van der Waals surface area contributed by atoms with E-state index in [9.17, 15) is 9.90 Å². The average Bonchev–Trinajstić information content (AvgIpc) is 3.37. The summed E-state index contributed by atoms with van der Waals surface area (Å²) in [5.74, 6) is 7.47. The Kier molecular flexibility index (Phi) is 10.4. The number of aliphatic hydroxyl groups excluding tert-OH is 1. The molecule has 1 fully saturated rings. The smallest absolute Gasteiger partial charge is 0.255 e. The van der Waals surface area contributed by atoms with Gasteiger partial charge in [-0.25, -0.2) is 0 Å². The Balaban J connectivity index is 1.80. The standard InChI is InChI=1S/C32H39NO3/c1-5-11-27(29-17-9-6-12-24(29)4)21-28(22-34)33-32(35)30-20-26(18-19-31(30)36-23(2)3)16-10-15-25-13-7-8-14-25/h5-6,9,11-12,17-20,23,25,28,34H,1,7-8,13-15,21-22H2,2-4H3,(H,33,35)/b27-11-/t28-/m1/s1. The number of aliphatic hydroxyl groups is 1. The second-order valence-corrected chi connectivity index (χ2v) is 9.83. The van der Waals surface area contributed by atoms with Crippen molar-refractivity contribution in [3.05, 3.63) is 83.4 Å². The second-order valence-electron chi connectivity index (χ2n) is 9.83. The molecule has 0 saturated heterocycles. The van der Waals surface area contributed by atoms with Crippen molar-refractivity contribution in [2.24, 2.45) is 5.92 Å². The van der Waals surface area contributed by atoms with E-state index in [0.29, 0.717) is 23.7 Å². The lowest BCUT2D eigenvalue weighted by Crippen LogP contribution is -2.38. The van der Waals surface area contributed by atoms with Gasteiger partial charge in [0.1, 0.15) is 5.75 Å². The SMILES string of the molecule is C=C/C=C(/C[C@H](CO)NC(=O)c1cc(C#CCC2CCCC2)ccc1OC(C)C)c1ccccc1C. The fraction of sp³-hybridized carbons (Fsp3) is 0.406. The summed E-state index contributed by atoms with van der Waals surface area (Å²) in [6, 6.07) is 13.1. The highest BCUT2D eigenvalue weighted by molar-refractivity contribution is 5.97. The summed E-state index contributed by atoms with van der Waals surface area (Å²) >= 11 is 0. The second kappa shape index (κ2) is 13.7. The van der Waals surface area contributed by atoms with Crippen molar-refractivity contribution in [1.82, 2.24) is 5.32 Å². The number of nitrogens with one attached hydrogen (secondary N) is 1. The Morgan fingerprint density at radius 3 is 2.61 bits per heavy atom. The van der Waals surface area contributed by atoms with Crippen LogP contribution in [0.15, 0.2) is 61.2 Å². The first-order valence-corrected chi connectivity index (χ1v) is 13.0. The maximum Gasteiger partial charge on any atom is 0.255 e. The first kappa shape index (κ1) is 27.3. The molecular formula is C32H39NO3. The van der Waals surface area contributed by atoms with E-state index in [0.717, 1.165) is 28.7 Å². The molecule has 190 valence electrons. The molecule has 1 saturated carbocycles. The van der Waals surface area contributed by atoms with E-state index < -0.39 is 6.04 Å². The van der Waals surface area contributed by atoms with Crippen molar-refractivity contribution < 1.29 is 14.6 Å². The van der Waals surface area contributed by atoms with Gasteiger partial charge in [-0.1, -0.05) is 67.7 Å². The number of benzene rings is 2. The summed E-state index contributed by atoms with van der Waals surface area (Å²) in [6.07, 6.45) is 10.1. The van der Waals surface area contributed by atoms with Gasteiger partial charge >= 0.3 is 0 Å². The van der Waals surface area contributed by atoms with E-state index in [1.54, 1.807) is 12.1 Å². The van der Waals surface area contributed by atoms with E-state index in [1.165, 1.54) is 25.7 Å². The minimum Gasteiger partial charge on any atom is -0.490 e. The molecule has 4 heteroatoms. The number of allylic oxidation sites excluding steroid dienone is 2. The molecule has 2 aromatic carbocycles. The van der Waals surface area contributed by atoms with Crippen LogP contribution < -0.4 is 10.1 Å². The van der Waals surface area contributed by atoms with Crippen molar-refractivity contribution in [2.75, 3.05) is 6.61 Å². The molecule has 0 heterocycles. The van der Waals surface area contributed by atoms with Gasteiger partial charge in [0.2, 0.25) is 0 Å². The maximum atomic E-state index is 13.4. The number of hydrogen-bond acceptors (Lipinski definition) is 3. The van der Waals surface area contributed by atoms with Crippen LogP contribution in [0.4, 0.5) is 0 Å². The molecule has 1 atom stereocenters. The number of carbonyl (C=O) groups excluding carboxylic acids is 1. The zero-order valence-electron chi connectivity index (χ0n) is 21.8. The van der Waals surface area contributed by atoms with Gasteiger partial charge in [0.05, 0.1) is 24.3 Å². The third-order valence-electron chi connectivity index (χ3n) is 6.52. The first-order chi connectivity index (χ1) is 17.4. The number of carbonyl (C=O) groups is 1. The summed E-state index contributed by atoms with van der Waals surface area (Å²) in [5.41, 5.74) is 4.44. The van der Waals surface area contributed by atoms with Gasteiger partial charge in [0, 0.05) is 12.0 Å². The highest BCUT2D eigenvalue weighted by atomic mass is 16.5. The molecule has 2 aromatic rings. The third kappa shape index (κ3) is 7.86. The molecule has 0 unspecified atom stereocenters. The van der Waals surface area contributed by atoms with Gasteiger partial charge < -0.3 is 15.2 Å². The third-order valence-corrected chi connectivity index (χ3v) is 6.52.